The molecule has 0 saturated carbocycles. The van der Waals surface area contributed by atoms with Crippen molar-refractivity contribution in [2.45, 2.75) is 25.2 Å². The zero-order valence-corrected chi connectivity index (χ0v) is 8.42. The van der Waals surface area contributed by atoms with Crippen LogP contribution in [0.15, 0.2) is 6.07 Å². The first-order valence-electron chi connectivity index (χ1n) is 4.29. The average Bonchev–Trinajstić information content (AvgIpc) is 2.52. The Morgan fingerprint density at radius 1 is 1.67 bits per heavy atom. The Bertz CT molecular complexity index is 282. The number of aryl methyl sites for hydroxylation is 1. The summed E-state index contributed by atoms with van der Waals surface area (Å²) in [5.74, 6) is 0.689. The van der Waals surface area contributed by atoms with E-state index in [-0.39, 0.29) is 0 Å². The molecule has 0 bridgehead atoms. The van der Waals surface area contributed by atoms with Crippen LogP contribution < -0.4 is 5.73 Å². The van der Waals surface area contributed by atoms with Gasteiger partial charge in [-0.2, -0.15) is 0 Å². The van der Waals surface area contributed by atoms with Crippen LogP contribution in [0.4, 0.5) is 0 Å². The summed E-state index contributed by atoms with van der Waals surface area (Å²) < 4.78 is 0.932. The molecule has 12 heavy (non-hydrogen) atoms. The second kappa shape index (κ2) is 3.36. The molecule has 2 rings (SSSR count). The van der Waals surface area contributed by atoms with Gasteiger partial charge < -0.3 is 5.73 Å². The first kappa shape index (κ1) is 8.54. The van der Waals surface area contributed by atoms with Crippen molar-refractivity contribution >= 4 is 22.9 Å². The Balaban J connectivity index is 2.22. The smallest absolute Gasteiger partial charge is 0.0934 e. The Hall–Kier alpha value is -0.0500. The molecule has 2 N–H and O–H groups in total. The summed E-state index contributed by atoms with van der Waals surface area (Å²) in [5, 5.41) is 0. The van der Waals surface area contributed by atoms with E-state index in [1.807, 2.05) is 0 Å². The molecule has 0 aromatic carbocycles. The number of rotatable bonds is 2. The van der Waals surface area contributed by atoms with E-state index in [0.717, 1.165) is 17.3 Å². The number of fused-ring (bicyclic) bond motifs is 1. The molecule has 1 unspecified atom stereocenters. The van der Waals surface area contributed by atoms with Gasteiger partial charge >= 0.3 is 0 Å². The molecular formula is C9H12ClNS. The van der Waals surface area contributed by atoms with Gasteiger partial charge in [-0.15, -0.1) is 11.3 Å². The number of hydrogen-bond donors (Lipinski definition) is 1. The van der Waals surface area contributed by atoms with Crippen LogP contribution in [-0.4, -0.2) is 6.54 Å². The third kappa shape index (κ3) is 1.39. The molecule has 1 atom stereocenters. The predicted octanol–water partition coefficient (Wildman–Crippen LogP) is 2.78. The maximum atomic E-state index is 5.93. The molecule has 1 aliphatic rings. The van der Waals surface area contributed by atoms with Crippen molar-refractivity contribution in [2.75, 3.05) is 6.54 Å². The summed E-state index contributed by atoms with van der Waals surface area (Å²) >= 11 is 7.66. The van der Waals surface area contributed by atoms with Crippen LogP contribution in [0.2, 0.25) is 4.34 Å². The van der Waals surface area contributed by atoms with Crippen LogP contribution >= 0.6 is 22.9 Å². The molecule has 0 aliphatic heterocycles. The van der Waals surface area contributed by atoms with Gasteiger partial charge in [0.2, 0.25) is 0 Å². The predicted molar refractivity (Wildman–Crippen MR) is 54.1 cm³/mol. The highest BCUT2D eigenvalue weighted by molar-refractivity contribution is 7.16. The summed E-state index contributed by atoms with van der Waals surface area (Å²) in [6.07, 6.45) is 3.59. The highest BCUT2D eigenvalue weighted by Gasteiger charge is 2.23. The summed E-state index contributed by atoms with van der Waals surface area (Å²) in [4.78, 5) is 1.48. The molecular weight excluding hydrogens is 190 g/mol. The molecule has 0 radical (unpaired) electrons. The van der Waals surface area contributed by atoms with Crippen LogP contribution in [0, 0.1) is 0 Å². The van der Waals surface area contributed by atoms with Crippen molar-refractivity contribution in [1.29, 1.82) is 0 Å². The lowest BCUT2D eigenvalue weighted by Gasteiger charge is -2.06. The number of halogens is 1. The van der Waals surface area contributed by atoms with Gasteiger partial charge in [-0.1, -0.05) is 11.6 Å². The van der Waals surface area contributed by atoms with E-state index in [1.54, 1.807) is 11.3 Å². The summed E-state index contributed by atoms with van der Waals surface area (Å²) in [6.45, 7) is 0.789. The van der Waals surface area contributed by atoms with Gasteiger partial charge in [0.25, 0.3) is 0 Å². The molecule has 0 amide bonds. The molecule has 0 fully saturated rings. The second-order valence-corrected chi connectivity index (χ2v) is 5.01. The van der Waals surface area contributed by atoms with Crippen molar-refractivity contribution in [1.82, 2.24) is 0 Å². The number of thiophene rings is 1. The molecule has 1 heterocycles. The van der Waals surface area contributed by atoms with E-state index in [9.17, 15) is 0 Å². The van der Waals surface area contributed by atoms with Crippen LogP contribution in [0.25, 0.3) is 0 Å². The van der Waals surface area contributed by atoms with E-state index >= 15 is 0 Å². The van der Waals surface area contributed by atoms with Gasteiger partial charge in [-0.05, 0) is 43.4 Å². The van der Waals surface area contributed by atoms with Gasteiger partial charge in [0, 0.05) is 4.88 Å². The van der Waals surface area contributed by atoms with Crippen molar-refractivity contribution in [3.63, 3.8) is 0 Å². The topological polar surface area (TPSA) is 26.0 Å². The third-order valence-corrected chi connectivity index (χ3v) is 3.83. The molecule has 1 aromatic rings. The fraction of sp³-hybridized carbons (Fsp3) is 0.556. The van der Waals surface area contributed by atoms with E-state index in [0.29, 0.717) is 5.92 Å². The standard InChI is InChI=1S/C9H12ClNS/c10-9-5-7-6(3-4-11)1-2-8(7)12-9/h5-6H,1-4,11H2. The Kier molecular flexibility index (Phi) is 2.40. The SMILES string of the molecule is NCCC1CCc2sc(Cl)cc21. The lowest BCUT2D eigenvalue weighted by molar-refractivity contribution is 0.627. The monoisotopic (exact) mass is 201 g/mol. The molecule has 1 nitrogen and oxygen atoms in total. The average molecular weight is 202 g/mol. The quantitative estimate of drug-likeness (QED) is 0.783. The van der Waals surface area contributed by atoms with Crippen molar-refractivity contribution in [2.24, 2.45) is 5.73 Å². The second-order valence-electron chi connectivity index (χ2n) is 3.24. The molecule has 1 aromatic heterocycles. The first-order chi connectivity index (χ1) is 5.81. The van der Waals surface area contributed by atoms with Gasteiger partial charge in [-0.25, -0.2) is 0 Å². The fourth-order valence-corrected chi connectivity index (χ4v) is 3.29. The van der Waals surface area contributed by atoms with E-state index < -0.39 is 0 Å². The van der Waals surface area contributed by atoms with Crippen molar-refractivity contribution in [3.8, 4) is 0 Å². The lowest BCUT2D eigenvalue weighted by atomic mass is 10.0. The van der Waals surface area contributed by atoms with Crippen LogP contribution in [-0.2, 0) is 6.42 Å². The van der Waals surface area contributed by atoms with Crippen molar-refractivity contribution in [3.05, 3.63) is 20.8 Å². The fourth-order valence-electron chi connectivity index (χ4n) is 1.91. The van der Waals surface area contributed by atoms with Gasteiger partial charge in [-0.3, -0.25) is 0 Å². The van der Waals surface area contributed by atoms with Crippen LogP contribution in [0.1, 0.15) is 29.2 Å². The summed E-state index contributed by atoms with van der Waals surface area (Å²) in [5.41, 5.74) is 7.01. The first-order valence-corrected chi connectivity index (χ1v) is 5.49. The summed E-state index contributed by atoms with van der Waals surface area (Å²) in [6, 6.07) is 2.12. The van der Waals surface area contributed by atoms with Gasteiger partial charge in [0.05, 0.1) is 4.34 Å². The minimum Gasteiger partial charge on any atom is -0.330 e. The highest BCUT2D eigenvalue weighted by atomic mass is 35.5. The number of hydrogen-bond acceptors (Lipinski definition) is 2. The van der Waals surface area contributed by atoms with E-state index in [1.165, 1.54) is 23.3 Å². The van der Waals surface area contributed by atoms with Gasteiger partial charge in [0.1, 0.15) is 0 Å². The molecule has 3 heteroatoms. The van der Waals surface area contributed by atoms with E-state index in [2.05, 4.69) is 6.07 Å². The molecule has 0 spiro atoms. The van der Waals surface area contributed by atoms with E-state index in [4.69, 9.17) is 17.3 Å². The Morgan fingerprint density at radius 2 is 2.50 bits per heavy atom. The Morgan fingerprint density at radius 3 is 3.25 bits per heavy atom. The maximum absolute atomic E-state index is 5.93. The molecule has 0 saturated heterocycles. The normalized spacial score (nSPS) is 21.3. The van der Waals surface area contributed by atoms with Gasteiger partial charge in [0.15, 0.2) is 0 Å². The largest absolute Gasteiger partial charge is 0.330 e. The zero-order valence-electron chi connectivity index (χ0n) is 6.85. The molecule has 66 valence electrons. The molecule has 1 aliphatic carbocycles. The minimum atomic E-state index is 0.689. The van der Waals surface area contributed by atoms with Crippen LogP contribution in [0.3, 0.4) is 0 Å². The third-order valence-electron chi connectivity index (χ3n) is 2.49. The Labute approximate surface area is 81.5 Å². The maximum Gasteiger partial charge on any atom is 0.0934 e. The van der Waals surface area contributed by atoms with Crippen LogP contribution in [0.5, 0.6) is 0 Å². The minimum absolute atomic E-state index is 0.689. The highest BCUT2D eigenvalue weighted by Crippen LogP contribution is 2.41. The number of nitrogens with two attached hydrogens (primary N) is 1. The lowest BCUT2D eigenvalue weighted by Crippen LogP contribution is -2.04. The van der Waals surface area contributed by atoms with Crippen molar-refractivity contribution < 1.29 is 0 Å². The zero-order chi connectivity index (χ0) is 8.55. The summed E-state index contributed by atoms with van der Waals surface area (Å²) in [7, 11) is 0.